The van der Waals surface area contributed by atoms with Crippen molar-refractivity contribution in [1.82, 2.24) is 4.98 Å². The van der Waals surface area contributed by atoms with E-state index in [9.17, 15) is 4.79 Å². The van der Waals surface area contributed by atoms with Gasteiger partial charge in [-0.25, -0.2) is 0 Å². The van der Waals surface area contributed by atoms with Crippen molar-refractivity contribution in [2.75, 3.05) is 4.90 Å². The van der Waals surface area contributed by atoms with Crippen LogP contribution in [0.4, 0.5) is 5.69 Å². The molecule has 0 spiro atoms. The van der Waals surface area contributed by atoms with Gasteiger partial charge >= 0.3 is 0 Å². The minimum absolute atomic E-state index is 0.221. The molecule has 0 aromatic carbocycles. The number of amides is 1. The third-order valence-corrected chi connectivity index (χ3v) is 2.53. The lowest BCUT2D eigenvalue weighted by Crippen LogP contribution is -2.40. The van der Waals surface area contributed by atoms with E-state index in [1.54, 1.807) is 6.20 Å². The lowest BCUT2D eigenvalue weighted by atomic mass is 10.0. The Morgan fingerprint density at radius 1 is 1.43 bits per heavy atom. The molecule has 0 bridgehead atoms. The van der Waals surface area contributed by atoms with Crippen LogP contribution in [-0.4, -0.2) is 16.9 Å². The fourth-order valence-electron chi connectivity index (χ4n) is 1.91. The van der Waals surface area contributed by atoms with Crippen molar-refractivity contribution in [3.63, 3.8) is 0 Å². The van der Waals surface area contributed by atoms with E-state index in [-0.39, 0.29) is 11.9 Å². The van der Waals surface area contributed by atoms with E-state index >= 15 is 0 Å². The molecule has 74 valence electrons. The molecule has 0 aliphatic carbocycles. The van der Waals surface area contributed by atoms with Gasteiger partial charge in [-0.1, -0.05) is 0 Å². The van der Waals surface area contributed by atoms with Gasteiger partial charge in [0, 0.05) is 24.9 Å². The van der Waals surface area contributed by atoms with E-state index in [1.807, 2.05) is 31.0 Å². The van der Waals surface area contributed by atoms with Gasteiger partial charge in [0.1, 0.15) is 0 Å². The summed E-state index contributed by atoms with van der Waals surface area (Å²) in [6.45, 7) is 4.07. The Kier molecular flexibility index (Phi) is 2.23. The van der Waals surface area contributed by atoms with Gasteiger partial charge in [-0.2, -0.15) is 0 Å². The van der Waals surface area contributed by atoms with Gasteiger partial charge in [-0.15, -0.1) is 0 Å². The first-order chi connectivity index (χ1) is 6.70. The first-order valence-corrected chi connectivity index (χ1v) is 4.95. The maximum atomic E-state index is 11.7. The molecule has 2 heterocycles. The number of rotatable bonds is 1. The van der Waals surface area contributed by atoms with Crippen LogP contribution in [0.1, 0.15) is 25.8 Å². The molecular weight excluding hydrogens is 176 g/mol. The minimum atomic E-state index is 0.221. The lowest BCUT2D eigenvalue weighted by molar-refractivity contribution is -0.119. The minimum Gasteiger partial charge on any atom is -0.310 e. The Morgan fingerprint density at radius 3 is 2.93 bits per heavy atom. The SMILES string of the molecule is CC(C)N1C(=O)CCc2cnccc21. The Balaban J connectivity index is 2.46. The van der Waals surface area contributed by atoms with E-state index in [2.05, 4.69) is 4.98 Å². The zero-order valence-corrected chi connectivity index (χ0v) is 8.53. The third-order valence-electron chi connectivity index (χ3n) is 2.53. The average molecular weight is 190 g/mol. The molecule has 0 unspecified atom stereocenters. The summed E-state index contributed by atoms with van der Waals surface area (Å²) in [5.74, 6) is 0.221. The highest BCUT2D eigenvalue weighted by Gasteiger charge is 2.25. The summed E-state index contributed by atoms with van der Waals surface area (Å²) in [7, 11) is 0. The summed E-state index contributed by atoms with van der Waals surface area (Å²) in [5, 5.41) is 0. The highest BCUT2D eigenvalue weighted by molar-refractivity contribution is 5.96. The highest BCUT2D eigenvalue weighted by atomic mass is 16.2. The van der Waals surface area contributed by atoms with Crippen LogP contribution in [0.5, 0.6) is 0 Å². The van der Waals surface area contributed by atoms with Crippen molar-refractivity contribution in [2.45, 2.75) is 32.7 Å². The summed E-state index contributed by atoms with van der Waals surface area (Å²) >= 11 is 0. The largest absolute Gasteiger partial charge is 0.310 e. The van der Waals surface area contributed by atoms with Gasteiger partial charge in [-0.05, 0) is 31.9 Å². The Morgan fingerprint density at radius 2 is 2.21 bits per heavy atom. The first kappa shape index (κ1) is 9.19. The molecule has 0 atom stereocenters. The molecule has 0 saturated heterocycles. The summed E-state index contributed by atoms with van der Waals surface area (Å²) in [5.41, 5.74) is 2.21. The number of carbonyl (C=O) groups excluding carboxylic acids is 1. The van der Waals surface area contributed by atoms with Gasteiger partial charge in [0.25, 0.3) is 0 Å². The van der Waals surface area contributed by atoms with Crippen LogP contribution in [0, 0.1) is 0 Å². The number of aryl methyl sites for hydroxylation is 1. The first-order valence-electron chi connectivity index (χ1n) is 4.95. The van der Waals surface area contributed by atoms with Crippen molar-refractivity contribution >= 4 is 11.6 Å². The average Bonchev–Trinajstić information content (AvgIpc) is 2.17. The summed E-state index contributed by atoms with van der Waals surface area (Å²) in [4.78, 5) is 17.6. The predicted octanol–water partition coefficient (Wildman–Crippen LogP) is 1.77. The second kappa shape index (κ2) is 3.40. The molecule has 0 N–H and O–H groups in total. The van der Waals surface area contributed by atoms with Crippen molar-refractivity contribution < 1.29 is 4.79 Å². The fourth-order valence-corrected chi connectivity index (χ4v) is 1.91. The van der Waals surface area contributed by atoms with Crippen LogP contribution < -0.4 is 4.90 Å². The summed E-state index contributed by atoms with van der Waals surface area (Å²) in [6, 6.07) is 2.15. The number of hydrogen-bond donors (Lipinski definition) is 0. The zero-order valence-electron chi connectivity index (χ0n) is 8.53. The maximum Gasteiger partial charge on any atom is 0.227 e. The Labute approximate surface area is 83.8 Å². The highest BCUT2D eigenvalue weighted by Crippen LogP contribution is 2.28. The van der Waals surface area contributed by atoms with Gasteiger partial charge in [0.2, 0.25) is 5.91 Å². The molecule has 3 nitrogen and oxygen atoms in total. The Bertz CT molecular complexity index is 360. The van der Waals surface area contributed by atoms with Crippen molar-refractivity contribution in [3.8, 4) is 0 Å². The van der Waals surface area contributed by atoms with Crippen molar-refractivity contribution in [3.05, 3.63) is 24.0 Å². The van der Waals surface area contributed by atoms with Crippen molar-refractivity contribution in [2.24, 2.45) is 0 Å². The quantitative estimate of drug-likeness (QED) is 0.676. The number of anilines is 1. The third kappa shape index (κ3) is 1.39. The Hall–Kier alpha value is -1.38. The second-order valence-electron chi connectivity index (χ2n) is 3.86. The molecule has 0 radical (unpaired) electrons. The van der Waals surface area contributed by atoms with Gasteiger partial charge in [0.05, 0.1) is 5.69 Å². The summed E-state index contributed by atoms with van der Waals surface area (Å²) in [6.07, 6.45) is 5.03. The zero-order chi connectivity index (χ0) is 10.1. The molecule has 2 rings (SSSR count). The number of aromatic nitrogens is 1. The molecule has 0 saturated carbocycles. The lowest BCUT2D eigenvalue weighted by Gasteiger charge is -2.32. The molecule has 1 aromatic heterocycles. The van der Waals surface area contributed by atoms with Crippen LogP contribution in [0.2, 0.25) is 0 Å². The number of pyridine rings is 1. The van der Waals surface area contributed by atoms with Crippen LogP contribution in [-0.2, 0) is 11.2 Å². The maximum absolute atomic E-state index is 11.7. The van der Waals surface area contributed by atoms with Crippen LogP contribution in [0.25, 0.3) is 0 Å². The number of hydrogen-bond acceptors (Lipinski definition) is 2. The van der Waals surface area contributed by atoms with Crippen LogP contribution in [0.15, 0.2) is 18.5 Å². The molecule has 1 aliphatic heterocycles. The molecule has 1 aromatic rings. The normalized spacial score (nSPS) is 15.9. The number of nitrogens with zero attached hydrogens (tertiary/aromatic N) is 2. The van der Waals surface area contributed by atoms with E-state index in [4.69, 9.17) is 0 Å². The van der Waals surface area contributed by atoms with E-state index in [0.717, 1.165) is 12.1 Å². The smallest absolute Gasteiger partial charge is 0.227 e. The molecule has 1 aliphatic rings. The standard InChI is InChI=1S/C11H14N2O/c1-8(2)13-10-5-6-12-7-9(10)3-4-11(13)14/h5-8H,3-4H2,1-2H3. The second-order valence-corrected chi connectivity index (χ2v) is 3.86. The van der Waals surface area contributed by atoms with E-state index in [1.165, 1.54) is 5.56 Å². The van der Waals surface area contributed by atoms with Gasteiger partial charge < -0.3 is 4.90 Å². The molecule has 14 heavy (non-hydrogen) atoms. The number of fused-ring (bicyclic) bond motifs is 1. The molecular formula is C11H14N2O. The van der Waals surface area contributed by atoms with E-state index in [0.29, 0.717) is 6.42 Å². The number of carbonyl (C=O) groups is 1. The molecule has 1 amide bonds. The van der Waals surface area contributed by atoms with Crippen LogP contribution >= 0.6 is 0 Å². The van der Waals surface area contributed by atoms with Crippen LogP contribution in [0.3, 0.4) is 0 Å². The molecule has 3 heteroatoms. The van der Waals surface area contributed by atoms with Crippen molar-refractivity contribution in [1.29, 1.82) is 0 Å². The molecule has 0 fully saturated rings. The predicted molar refractivity (Wildman–Crippen MR) is 55.2 cm³/mol. The summed E-state index contributed by atoms with van der Waals surface area (Å²) < 4.78 is 0. The van der Waals surface area contributed by atoms with Gasteiger partial charge in [0.15, 0.2) is 0 Å². The van der Waals surface area contributed by atoms with E-state index < -0.39 is 0 Å². The monoisotopic (exact) mass is 190 g/mol. The van der Waals surface area contributed by atoms with Gasteiger partial charge in [-0.3, -0.25) is 9.78 Å². The topological polar surface area (TPSA) is 33.2 Å². The fraction of sp³-hybridized carbons (Fsp3) is 0.455.